The van der Waals surface area contributed by atoms with Crippen LogP contribution in [0.4, 0.5) is 8.78 Å². The molecule has 5 nitrogen and oxygen atoms in total. The smallest absolute Gasteiger partial charge is 0.321 e. The minimum Gasteiger partial charge on any atom is -0.480 e. The number of hydrogen-bond acceptors (Lipinski definition) is 4. The predicted molar refractivity (Wildman–Crippen MR) is 123 cm³/mol. The van der Waals surface area contributed by atoms with Crippen LogP contribution in [-0.2, 0) is 15.1 Å². The Hall–Kier alpha value is -1.77. The van der Waals surface area contributed by atoms with E-state index in [1.807, 2.05) is 6.92 Å². The van der Waals surface area contributed by atoms with Gasteiger partial charge in [-0.05, 0) is 43.7 Å². The Labute approximate surface area is 201 Å². The van der Waals surface area contributed by atoms with Crippen molar-refractivity contribution < 1.29 is 23.4 Å². The molecular formula is C24H26Cl2F2N2O3. The number of carboxylic acid groups (broad SMARTS) is 1. The zero-order valence-electron chi connectivity index (χ0n) is 18.3. The fourth-order valence-corrected chi connectivity index (χ4v) is 5.82. The zero-order chi connectivity index (χ0) is 24.0. The average Bonchev–Trinajstić information content (AvgIpc) is 3.07. The van der Waals surface area contributed by atoms with Gasteiger partial charge >= 0.3 is 5.97 Å². The second kappa shape index (κ2) is 9.12. The normalized spacial score (nSPS) is 28.5. The van der Waals surface area contributed by atoms with Gasteiger partial charge in [-0.3, -0.25) is 10.1 Å². The number of halogens is 4. The Morgan fingerprint density at radius 1 is 1.27 bits per heavy atom. The van der Waals surface area contributed by atoms with Gasteiger partial charge in [-0.2, -0.15) is 0 Å². The van der Waals surface area contributed by atoms with E-state index >= 15 is 8.78 Å². The number of hydrogen-bond donors (Lipinski definition) is 3. The Morgan fingerprint density at radius 3 is 2.55 bits per heavy atom. The summed E-state index contributed by atoms with van der Waals surface area (Å²) in [6.07, 6.45) is 1.32. The monoisotopic (exact) mass is 498 g/mol. The van der Waals surface area contributed by atoms with E-state index < -0.39 is 41.1 Å². The summed E-state index contributed by atoms with van der Waals surface area (Å²) in [6.45, 7) is 3.10. The van der Waals surface area contributed by atoms with Gasteiger partial charge in [0, 0.05) is 28.0 Å². The maximum Gasteiger partial charge on any atom is 0.321 e. The highest BCUT2D eigenvalue weighted by Crippen LogP contribution is 2.52. The van der Waals surface area contributed by atoms with Gasteiger partial charge in [0.15, 0.2) is 0 Å². The summed E-state index contributed by atoms with van der Waals surface area (Å²) in [7, 11) is 1.64. The molecule has 33 heavy (non-hydrogen) atoms. The minimum absolute atomic E-state index is 0.101. The first-order valence-electron chi connectivity index (χ1n) is 10.8. The first-order valence-corrected chi connectivity index (χ1v) is 11.6. The molecule has 2 saturated heterocycles. The Kier molecular flexibility index (Phi) is 6.73. The van der Waals surface area contributed by atoms with Gasteiger partial charge in [-0.15, -0.1) is 0 Å². The van der Waals surface area contributed by atoms with Crippen LogP contribution >= 0.6 is 23.2 Å². The lowest BCUT2D eigenvalue weighted by Gasteiger charge is -2.47. The van der Waals surface area contributed by atoms with Gasteiger partial charge in [-0.25, -0.2) is 8.78 Å². The highest BCUT2D eigenvalue weighted by Gasteiger charge is 2.61. The van der Waals surface area contributed by atoms with E-state index in [1.54, 1.807) is 25.2 Å². The second-order valence-electron chi connectivity index (χ2n) is 8.95. The summed E-state index contributed by atoms with van der Waals surface area (Å²) in [6, 6.07) is 7.02. The molecule has 0 amide bonds. The summed E-state index contributed by atoms with van der Waals surface area (Å²) < 4.78 is 36.3. The van der Waals surface area contributed by atoms with Crippen LogP contribution in [0.3, 0.4) is 0 Å². The fraction of sp³-hybridized carbons (Fsp3) is 0.458. The third-order valence-corrected chi connectivity index (χ3v) is 7.86. The number of carbonyl (C=O) groups is 1. The van der Waals surface area contributed by atoms with E-state index in [9.17, 15) is 9.90 Å². The standard InChI is InChI=1S/C24H26Cl2F2N2O3/c1-3-23(11-33-12-23)10-18-24(29-2,15-8-7-13(25)9-17(15)27)19(21(30-18)22(31)32)14-5-4-6-16(26)20(14)28/h4-9,18-19,21,29-30H,3,10-12H2,1-2H3,(H,31,32)/t18-,19-,21+,24+/m0/s1. The highest BCUT2D eigenvalue weighted by atomic mass is 35.5. The van der Waals surface area contributed by atoms with Crippen LogP contribution < -0.4 is 10.6 Å². The molecular weight excluding hydrogens is 473 g/mol. The molecule has 0 spiro atoms. The van der Waals surface area contributed by atoms with Crippen molar-refractivity contribution >= 4 is 29.2 Å². The Balaban J connectivity index is 1.97. The highest BCUT2D eigenvalue weighted by molar-refractivity contribution is 6.31. The number of nitrogens with one attached hydrogen (secondary N) is 2. The van der Waals surface area contributed by atoms with Gasteiger partial charge in [0.2, 0.25) is 0 Å². The molecule has 2 heterocycles. The van der Waals surface area contributed by atoms with E-state index in [2.05, 4.69) is 10.6 Å². The molecule has 0 unspecified atom stereocenters. The third kappa shape index (κ3) is 3.94. The topological polar surface area (TPSA) is 70.6 Å². The van der Waals surface area contributed by atoms with Crippen molar-refractivity contribution in [2.24, 2.45) is 5.41 Å². The van der Waals surface area contributed by atoms with E-state index in [0.717, 1.165) is 6.42 Å². The minimum atomic E-state index is -1.30. The molecule has 4 atom stereocenters. The van der Waals surface area contributed by atoms with Gasteiger partial charge in [0.05, 0.1) is 23.8 Å². The largest absolute Gasteiger partial charge is 0.480 e. The number of aliphatic carboxylic acids is 1. The van der Waals surface area contributed by atoms with Crippen LogP contribution in [0.5, 0.6) is 0 Å². The van der Waals surface area contributed by atoms with E-state index in [0.29, 0.717) is 19.6 Å². The van der Waals surface area contributed by atoms with Crippen LogP contribution in [-0.4, -0.2) is 43.4 Å². The third-order valence-electron chi connectivity index (χ3n) is 7.33. The summed E-state index contributed by atoms with van der Waals surface area (Å²) in [5, 5.41) is 16.7. The van der Waals surface area contributed by atoms with Crippen molar-refractivity contribution in [2.45, 2.75) is 43.3 Å². The maximum atomic E-state index is 15.5. The Bertz CT molecular complexity index is 1060. The van der Waals surface area contributed by atoms with Gasteiger partial charge < -0.3 is 15.2 Å². The molecule has 2 aliphatic rings. The number of ether oxygens (including phenoxy) is 1. The van der Waals surface area contributed by atoms with Crippen LogP contribution in [0.1, 0.15) is 36.8 Å². The molecule has 2 aromatic carbocycles. The van der Waals surface area contributed by atoms with Gasteiger partial charge in [-0.1, -0.05) is 48.3 Å². The molecule has 9 heteroatoms. The summed E-state index contributed by atoms with van der Waals surface area (Å²) >= 11 is 12.1. The van der Waals surface area contributed by atoms with Crippen LogP contribution in [0.2, 0.25) is 10.0 Å². The van der Waals surface area contributed by atoms with E-state index in [-0.39, 0.29) is 26.6 Å². The van der Waals surface area contributed by atoms with E-state index in [1.165, 1.54) is 18.2 Å². The summed E-state index contributed by atoms with van der Waals surface area (Å²) in [5.74, 6) is -3.48. The van der Waals surface area contributed by atoms with Crippen molar-refractivity contribution in [3.63, 3.8) is 0 Å². The molecule has 0 aliphatic carbocycles. The van der Waals surface area contributed by atoms with Crippen LogP contribution in [0.15, 0.2) is 36.4 Å². The van der Waals surface area contributed by atoms with Crippen molar-refractivity contribution in [1.29, 1.82) is 0 Å². The summed E-state index contributed by atoms with van der Waals surface area (Å²) in [5.41, 5.74) is -1.18. The van der Waals surface area contributed by atoms with Crippen molar-refractivity contribution in [3.8, 4) is 0 Å². The first kappa shape index (κ1) is 24.4. The molecule has 0 saturated carbocycles. The lowest BCUT2D eigenvalue weighted by Crippen LogP contribution is -2.57. The van der Waals surface area contributed by atoms with E-state index in [4.69, 9.17) is 27.9 Å². The number of carboxylic acids is 1. The first-order chi connectivity index (χ1) is 15.7. The van der Waals surface area contributed by atoms with Crippen LogP contribution in [0.25, 0.3) is 0 Å². The van der Waals surface area contributed by atoms with Crippen molar-refractivity contribution in [2.75, 3.05) is 20.3 Å². The van der Waals surface area contributed by atoms with Gasteiger partial charge in [0.25, 0.3) is 0 Å². The number of likely N-dealkylation sites (N-methyl/N-ethyl adjacent to an activating group) is 1. The zero-order valence-corrected chi connectivity index (χ0v) is 19.8. The lowest BCUT2D eigenvalue weighted by atomic mass is 9.66. The molecule has 0 bridgehead atoms. The predicted octanol–water partition coefficient (Wildman–Crippen LogP) is 4.71. The molecule has 3 N–H and O–H groups in total. The molecule has 2 fully saturated rings. The molecule has 2 aromatic rings. The summed E-state index contributed by atoms with van der Waals surface area (Å²) in [4.78, 5) is 12.4. The average molecular weight is 499 g/mol. The quantitative estimate of drug-likeness (QED) is 0.515. The number of benzene rings is 2. The molecule has 178 valence electrons. The van der Waals surface area contributed by atoms with Crippen molar-refractivity contribution in [3.05, 3.63) is 69.2 Å². The fourth-order valence-electron chi connectivity index (χ4n) is 5.48. The molecule has 4 rings (SSSR count). The second-order valence-corrected chi connectivity index (χ2v) is 9.79. The van der Waals surface area contributed by atoms with Crippen molar-refractivity contribution in [1.82, 2.24) is 10.6 Å². The van der Waals surface area contributed by atoms with Gasteiger partial charge in [0.1, 0.15) is 17.7 Å². The molecule has 0 aromatic heterocycles. The lowest BCUT2D eigenvalue weighted by molar-refractivity contribution is -0.139. The SMILES string of the molecule is CCC1(C[C@@H]2N[C@@H](C(=O)O)[C@H](c3cccc(Cl)c3F)[C@@]2(NC)c2ccc(Cl)cc2F)COC1. The number of rotatable bonds is 7. The van der Waals surface area contributed by atoms with Crippen LogP contribution in [0, 0.1) is 17.0 Å². The molecule has 2 aliphatic heterocycles. The molecule has 0 radical (unpaired) electrons. The maximum absolute atomic E-state index is 15.5. The Morgan fingerprint density at radius 2 is 2.00 bits per heavy atom.